The van der Waals surface area contributed by atoms with Crippen molar-refractivity contribution in [1.82, 2.24) is 0 Å². The topological polar surface area (TPSA) is 20.2 Å². The second-order valence-corrected chi connectivity index (χ2v) is 10.4. The first kappa shape index (κ1) is 13.7. The molecular formula is C12H24OSi. The molecule has 1 N–H and O–H groups in total. The van der Waals surface area contributed by atoms with Crippen molar-refractivity contribution in [3.8, 4) is 11.5 Å². The molecule has 0 rings (SSSR count). The number of rotatable bonds is 3. The summed E-state index contributed by atoms with van der Waals surface area (Å²) in [5.74, 6) is 3.27. The highest BCUT2D eigenvalue weighted by Crippen LogP contribution is 2.35. The molecule has 0 amide bonds. The maximum Gasteiger partial charge on any atom is 0.137 e. The third kappa shape index (κ3) is 4.83. The highest BCUT2D eigenvalue weighted by Gasteiger charge is 2.33. The molecule has 0 radical (unpaired) electrons. The van der Waals surface area contributed by atoms with Gasteiger partial charge in [0.05, 0.1) is 0 Å². The Bertz CT molecular complexity index is 215. The lowest BCUT2D eigenvalue weighted by Crippen LogP contribution is -2.35. The summed E-state index contributed by atoms with van der Waals surface area (Å²) in [6, 6.07) is 0. The predicted octanol–water partition coefficient (Wildman–Crippen LogP) is 3.20. The molecule has 0 spiro atoms. The maximum absolute atomic E-state index is 8.62. The van der Waals surface area contributed by atoms with Crippen molar-refractivity contribution in [1.29, 1.82) is 0 Å². The van der Waals surface area contributed by atoms with E-state index >= 15 is 0 Å². The molecular weight excluding hydrogens is 188 g/mol. The number of aliphatic hydroxyl groups excluding tert-OH is 1. The van der Waals surface area contributed by atoms with Crippen molar-refractivity contribution in [3.63, 3.8) is 0 Å². The minimum atomic E-state index is -1.39. The van der Waals surface area contributed by atoms with E-state index in [0.717, 1.165) is 19.3 Å². The molecule has 0 atom stereocenters. The first-order valence-electron chi connectivity index (χ1n) is 5.42. The van der Waals surface area contributed by atoms with E-state index in [9.17, 15) is 0 Å². The van der Waals surface area contributed by atoms with E-state index in [1.807, 2.05) is 0 Å². The molecule has 0 unspecified atom stereocenters. The Morgan fingerprint density at radius 2 is 1.71 bits per heavy atom. The van der Waals surface area contributed by atoms with Gasteiger partial charge in [-0.2, -0.15) is 0 Å². The van der Waals surface area contributed by atoms with Crippen LogP contribution in [0.5, 0.6) is 0 Å². The van der Waals surface area contributed by atoms with Gasteiger partial charge in [0.2, 0.25) is 0 Å². The van der Waals surface area contributed by atoms with Crippen LogP contribution in [0.2, 0.25) is 18.1 Å². The fraction of sp³-hybridized carbons (Fsp3) is 0.833. The molecule has 0 aromatic carbocycles. The van der Waals surface area contributed by atoms with Crippen LogP contribution in [0, 0.1) is 11.5 Å². The zero-order valence-corrected chi connectivity index (χ0v) is 11.3. The third-order valence-corrected chi connectivity index (χ3v) is 7.54. The lowest BCUT2D eigenvalue weighted by Gasteiger charge is -2.31. The normalized spacial score (nSPS) is 12.1. The molecule has 0 saturated heterocycles. The first-order valence-corrected chi connectivity index (χ1v) is 8.42. The third-order valence-electron chi connectivity index (χ3n) is 2.99. The van der Waals surface area contributed by atoms with E-state index in [-0.39, 0.29) is 0 Å². The smallest absolute Gasteiger partial charge is 0.137 e. The molecule has 2 heteroatoms. The molecule has 1 nitrogen and oxygen atoms in total. The fourth-order valence-corrected chi connectivity index (χ4v) is 1.74. The summed E-state index contributed by atoms with van der Waals surface area (Å²) in [5.41, 5.74) is 3.47. The van der Waals surface area contributed by atoms with Crippen molar-refractivity contribution in [2.75, 3.05) is 6.61 Å². The Morgan fingerprint density at radius 3 is 2.14 bits per heavy atom. The molecule has 0 fully saturated rings. The van der Waals surface area contributed by atoms with Crippen LogP contribution >= 0.6 is 0 Å². The van der Waals surface area contributed by atoms with Gasteiger partial charge in [-0.05, 0) is 17.9 Å². The zero-order valence-electron chi connectivity index (χ0n) is 10.3. The average molecular weight is 212 g/mol. The second kappa shape index (κ2) is 5.58. The lowest BCUT2D eigenvalue weighted by atomic mass is 10.2. The van der Waals surface area contributed by atoms with Crippen LogP contribution in [0.25, 0.3) is 0 Å². The number of unbranched alkanes of at least 4 members (excludes halogenated alkanes) is 2. The standard InChI is InChI=1S/C12H24OSi/c1-12(2,3)14(4,5)11-9-7-6-8-10-13/h13H,6-8,10H2,1-5H3. The van der Waals surface area contributed by atoms with Gasteiger partial charge in [-0.1, -0.05) is 33.9 Å². The summed E-state index contributed by atoms with van der Waals surface area (Å²) in [7, 11) is -1.39. The zero-order chi connectivity index (χ0) is 11.2. The molecule has 0 saturated carbocycles. The summed E-state index contributed by atoms with van der Waals surface area (Å²) in [5, 5.41) is 8.97. The molecule has 0 bridgehead atoms. The molecule has 0 heterocycles. The van der Waals surface area contributed by atoms with Gasteiger partial charge in [-0.15, -0.1) is 11.5 Å². The van der Waals surface area contributed by atoms with Crippen molar-refractivity contribution < 1.29 is 5.11 Å². The SMILES string of the molecule is CC(C)(C)[Si](C)(C)C#CCCCCO. The highest BCUT2D eigenvalue weighted by molar-refractivity contribution is 6.87. The van der Waals surface area contributed by atoms with E-state index in [1.165, 1.54) is 0 Å². The van der Waals surface area contributed by atoms with E-state index < -0.39 is 8.07 Å². The number of aliphatic hydroxyl groups is 1. The van der Waals surface area contributed by atoms with Gasteiger partial charge in [0.15, 0.2) is 0 Å². The maximum atomic E-state index is 8.62. The van der Waals surface area contributed by atoms with Gasteiger partial charge in [-0.25, -0.2) is 0 Å². The Kier molecular flexibility index (Phi) is 5.47. The molecule has 0 aliphatic carbocycles. The Balaban J connectivity index is 4.08. The number of hydrogen-bond acceptors (Lipinski definition) is 1. The molecule has 0 aromatic heterocycles. The number of hydrogen-bond donors (Lipinski definition) is 1. The van der Waals surface area contributed by atoms with Gasteiger partial charge < -0.3 is 5.11 Å². The summed E-state index contributed by atoms with van der Waals surface area (Å²) < 4.78 is 0. The highest BCUT2D eigenvalue weighted by atomic mass is 28.3. The van der Waals surface area contributed by atoms with Crippen molar-refractivity contribution in [2.45, 2.75) is 58.2 Å². The van der Waals surface area contributed by atoms with E-state index in [2.05, 4.69) is 45.3 Å². The van der Waals surface area contributed by atoms with Gasteiger partial charge in [0.25, 0.3) is 0 Å². The predicted molar refractivity (Wildman–Crippen MR) is 65.9 cm³/mol. The Hall–Kier alpha value is -0.263. The fourth-order valence-electron chi connectivity index (χ4n) is 0.796. The van der Waals surface area contributed by atoms with Crippen LogP contribution < -0.4 is 0 Å². The second-order valence-electron chi connectivity index (χ2n) is 5.36. The van der Waals surface area contributed by atoms with Gasteiger partial charge in [-0.3, -0.25) is 0 Å². The summed E-state index contributed by atoms with van der Waals surface area (Å²) in [6.45, 7) is 11.8. The molecule has 0 aliphatic heterocycles. The van der Waals surface area contributed by atoms with Crippen LogP contribution in [0.1, 0.15) is 40.0 Å². The van der Waals surface area contributed by atoms with Crippen molar-refractivity contribution >= 4 is 8.07 Å². The van der Waals surface area contributed by atoms with Crippen molar-refractivity contribution in [3.05, 3.63) is 0 Å². The Labute approximate surface area is 89.9 Å². The van der Waals surface area contributed by atoms with Crippen LogP contribution in [-0.2, 0) is 0 Å². The van der Waals surface area contributed by atoms with Gasteiger partial charge in [0.1, 0.15) is 8.07 Å². The van der Waals surface area contributed by atoms with E-state index in [0.29, 0.717) is 11.6 Å². The van der Waals surface area contributed by atoms with Crippen LogP contribution in [0.4, 0.5) is 0 Å². The monoisotopic (exact) mass is 212 g/mol. The van der Waals surface area contributed by atoms with Gasteiger partial charge >= 0.3 is 0 Å². The molecule has 82 valence electrons. The minimum absolute atomic E-state index is 0.293. The lowest BCUT2D eigenvalue weighted by molar-refractivity contribution is 0.285. The summed E-state index contributed by atoms with van der Waals surface area (Å²) in [4.78, 5) is 0. The van der Waals surface area contributed by atoms with E-state index in [1.54, 1.807) is 0 Å². The summed E-state index contributed by atoms with van der Waals surface area (Å²) >= 11 is 0. The molecule has 0 aliphatic rings. The molecule has 0 aromatic rings. The van der Waals surface area contributed by atoms with Gasteiger partial charge in [0, 0.05) is 13.0 Å². The molecule has 14 heavy (non-hydrogen) atoms. The van der Waals surface area contributed by atoms with Crippen LogP contribution in [-0.4, -0.2) is 19.8 Å². The average Bonchev–Trinajstić information content (AvgIpc) is 2.02. The minimum Gasteiger partial charge on any atom is -0.396 e. The Morgan fingerprint density at radius 1 is 1.14 bits per heavy atom. The first-order chi connectivity index (χ1) is 6.31. The quantitative estimate of drug-likeness (QED) is 0.433. The summed E-state index contributed by atoms with van der Waals surface area (Å²) in [6.07, 6.45) is 2.84. The van der Waals surface area contributed by atoms with Crippen molar-refractivity contribution in [2.24, 2.45) is 0 Å². The van der Waals surface area contributed by atoms with E-state index in [4.69, 9.17) is 5.11 Å². The van der Waals surface area contributed by atoms with Crippen LogP contribution in [0.15, 0.2) is 0 Å². The largest absolute Gasteiger partial charge is 0.396 e. The van der Waals surface area contributed by atoms with Crippen LogP contribution in [0.3, 0.4) is 0 Å².